The van der Waals surface area contributed by atoms with E-state index in [-0.39, 0.29) is 11.8 Å². The van der Waals surface area contributed by atoms with Crippen LogP contribution in [0.2, 0.25) is 0 Å². The van der Waals surface area contributed by atoms with Gasteiger partial charge in [-0.3, -0.25) is 0 Å². The van der Waals surface area contributed by atoms with Crippen LogP contribution in [-0.2, 0) is 10.0 Å². The molecule has 5 heteroatoms. The largest absolute Gasteiger partial charge is 0.316 e. The Hall–Kier alpha value is -0.130. The molecule has 0 amide bonds. The lowest BCUT2D eigenvalue weighted by Crippen LogP contribution is -2.43. The van der Waals surface area contributed by atoms with E-state index < -0.39 is 10.0 Å². The molecule has 0 aromatic rings. The van der Waals surface area contributed by atoms with E-state index >= 15 is 0 Å². The smallest absolute Gasteiger partial charge is 0.215 e. The summed E-state index contributed by atoms with van der Waals surface area (Å²) in [6.45, 7) is 8.56. The summed E-state index contributed by atoms with van der Waals surface area (Å²) in [6, 6.07) is 0.255. The minimum Gasteiger partial charge on any atom is -0.316 e. The van der Waals surface area contributed by atoms with E-state index in [2.05, 4.69) is 26.1 Å². The molecule has 0 aromatic carbocycles. The first-order valence-electron chi connectivity index (χ1n) is 8.17. The van der Waals surface area contributed by atoms with Gasteiger partial charge in [-0.15, -0.1) is 0 Å². The zero-order valence-corrected chi connectivity index (χ0v) is 14.2. The van der Waals surface area contributed by atoms with Gasteiger partial charge in [0.2, 0.25) is 10.0 Å². The zero-order chi connectivity index (χ0) is 15.0. The van der Waals surface area contributed by atoms with Crippen LogP contribution in [0.5, 0.6) is 0 Å². The summed E-state index contributed by atoms with van der Waals surface area (Å²) in [5.74, 6) is 0.786. The summed E-state index contributed by atoms with van der Waals surface area (Å²) in [5.41, 5.74) is 0. The molecule has 1 saturated carbocycles. The second-order valence-electron chi connectivity index (χ2n) is 6.30. The van der Waals surface area contributed by atoms with E-state index in [1.165, 1.54) is 12.8 Å². The second kappa shape index (κ2) is 9.00. The van der Waals surface area contributed by atoms with Crippen LogP contribution in [0.4, 0.5) is 0 Å². The minimum atomic E-state index is -3.11. The number of hydrogen-bond donors (Lipinski definition) is 1. The average Bonchev–Trinajstić information content (AvgIpc) is 2.88. The molecule has 0 spiro atoms. The fourth-order valence-corrected chi connectivity index (χ4v) is 4.43. The highest BCUT2D eigenvalue weighted by Crippen LogP contribution is 2.26. The Morgan fingerprint density at radius 2 is 1.85 bits per heavy atom. The number of nitrogens with one attached hydrogen (secondary N) is 1. The Morgan fingerprint density at radius 1 is 1.20 bits per heavy atom. The van der Waals surface area contributed by atoms with Gasteiger partial charge in [0.25, 0.3) is 0 Å². The maximum absolute atomic E-state index is 12.6. The molecule has 0 aliphatic heterocycles. The highest BCUT2D eigenvalue weighted by atomic mass is 32.2. The molecule has 0 bridgehead atoms. The molecule has 4 nitrogen and oxygen atoms in total. The maximum Gasteiger partial charge on any atom is 0.215 e. The molecule has 1 aliphatic rings. The summed E-state index contributed by atoms with van der Waals surface area (Å²) in [5, 5.41) is 3.20. The first-order chi connectivity index (χ1) is 9.47. The molecule has 0 aromatic heterocycles. The number of sulfonamides is 1. The average molecular weight is 305 g/mol. The maximum atomic E-state index is 12.6. The molecule has 1 fully saturated rings. The normalized spacial score (nSPS) is 17.4. The summed E-state index contributed by atoms with van der Waals surface area (Å²) in [7, 11) is -3.11. The molecular weight excluding hydrogens is 272 g/mol. The Labute approximate surface area is 125 Å². The quantitative estimate of drug-likeness (QED) is 0.631. The van der Waals surface area contributed by atoms with Crippen molar-refractivity contribution >= 4 is 10.0 Å². The lowest BCUT2D eigenvalue weighted by molar-refractivity contribution is 0.304. The van der Waals surface area contributed by atoms with Gasteiger partial charge < -0.3 is 5.32 Å². The predicted octanol–water partition coefficient (Wildman–Crippen LogP) is 2.61. The highest BCUT2D eigenvalue weighted by Gasteiger charge is 2.31. The van der Waals surface area contributed by atoms with E-state index in [0.717, 1.165) is 32.2 Å². The van der Waals surface area contributed by atoms with Crippen LogP contribution in [0.25, 0.3) is 0 Å². The number of rotatable bonds is 10. The third kappa shape index (κ3) is 6.10. The molecule has 1 rings (SSSR count). The van der Waals surface area contributed by atoms with Crippen LogP contribution >= 0.6 is 0 Å². The van der Waals surface area contributed by atoms with Crippen molar-refractivity contribution in [2.24, 2.45) is 5.92 Å². The van der Waals surface area contributed by atoms with Crippen molar-refractivity contribution < 1.29 is 8.42 Å². The molecule has 1 N–H and O–H groups in total. The fraction of sp³-hybridized carbons (Fsp3) is 1.00. The predicted molar refractivity (Wildman–Crippen MR) is 85.4 cm³/mol. The lowest BCUT2D eigenvalue weighted by atomic mass is 10.1. The molecule has 0 unspecified atom stereocenters. The number of hydrogen-bond acceptors (Lipinski definition) is 3. The van der Waals surface area contributed by atoms with Gasteiger partial charge in [-0.25, -0.2) is 8.42 Å². The molecule has 20 heavy (non-hydrogen) atoms. The van der Waals surface area contributed by atoms with Gasteiger partial charge in [-0.2, -0.15) is 4.31 Å². The summed E-state index contributed by atoms with van der Waals surface area (Å²) < 4.78 is 27.0. The van der Waals surface area contributed by atoms with Gasteiger partial charge in [0.15, 0.2) is 0 Å². The molecule has 0 radical (unpaired) electrons. The van der Waals surface area contributed by atoms with Gasteiger partial charge in [0.1, 0.15) is 0 Å². The van der Waals surface area contributed by atoms with Gasteiger partial charge in [0.05, 0.1) is 5.75 Å². The van der Waals surface area contributed by atoms with Crippen LogP contribution in [0.15, 0.2) is 0 Å². The Bertz CT molecular complexity index is 349. The van der Waals surface area contributed by atoms with E-state index in [1.807, 2.05) is 4.31 Å². The van der Waals surface area contributed by atoms with E-state index in [9.17, 15) is 8.42 Å². The Kier molecular flexibility index (Phi) is 8.07. The van der Waals surface area contributed by atoms with Crippen molar-refractivity contribution in [2.45, 2.75) is 65.3 Å². The topological polar surface area (TPSA) is 49.4 Å². The Morgan fingerprint density at radius 3 is 2.40 bits per heavy atom. The van der Waals surface area contributed by atoms with Crippen molar-refractivity contribution in [1.82, 2.24) is 9.62 Å². The van der Waals surface area contributed by atoms with Crippen molar-refractivity contribution in [3.8, 4) is 0 Å². The second-order valence-corrected chi connectivity index (χ2v) is 8.34. The van der Waals surface area contributed by atoms with E-state index in [0.29, 0.717) is 19.0 Å². The third-order valence-corrected chi connectivity index (χ3v) is 5.90. The van der Waals surface area contributed by atoms with Crippen molar-refractivity contribution in [2.75, 3.05) is 25.4 Å². The lowest BCUT2D eigenvalue weighted by Gasteiger charge is -2.28. The van der Waals surface area contributed by atoms with Crippen LogP contribution in [0, 0.1) is 5.92 Å². The summed E-state index contributed by atoms with van der Waals surface area (Å²) in [4.78, 5) is 0. The summed E-state index contributed by atoms with van der Waals surface area (Å²) >= 11 is 0. The molecule has 0 saturated heterocycles. The number of nitrogens with zero attached hydrogens (tertiary/aromatic N) is 1. The molecule has 120 valence electrons. The van der Waals surface area contributed by atoms with E-state index in [1.54, 1.807) is 0 Å². The zero-order valence-electron chi connectivity index (χ0n) is 13.4. The molecular formula is C15H32N2O2S. The van der Waals surface area contributed by atoms with Gasteiger partial charge >= 0.3 is 0 Å². The van der Waals surface area contributed by atoms with Crippen molar-refractivity contribution in [3.63, 3.8) is 0 Å². The first-order valence-corrected chi connectivity index (χ1v) is 9.78. The molecule has 0 atom stereocenters. The van der Waals surface area contributed by atoms with Crippen LogP contribution < -0.4 is 5.32 Å². The van der Waals surface area contributed by atoms with Crippen LogP contribution in [-0.4, -0.2) is 44.2 Å². The monoisotopic (exact) mass is 304 g/mol. The third-order valence-electron chi connectivity index (χ3n) is 3.98. The minimum absolute atomic E-state index is 0.238. The Balaban J connectivity index is 2.59. The standard InChI is InChI=1S/C15H32N2O2S/c1-4-10-16-11-13-20(18,19)17(12-9-14(2)3)15-7-5-6-8-15/h14-16H,4-13H2,1-3H3. The first kappa shape index (κ1) is 17.9. The van der Waals surface area contributed by atoms with Crippen LogP contribution in [0.1, 0.15) is 59.3 Å². The summed E-state index contributed by atoms with van der Waals surface area (Å²) in [6.07, 6.45) is 6.43. The van der Waals surface area contributed by atoms with Gasteiger partial charge in [0, 0.05) is 19.1 Å². The molecule has 1 aliphatic carbocycles. The van der Waals surface area contributed by atoms with Crippen molar-refractivity contribution in [1.29, 1.82) is 0 Å². The van der Waals surface area contributed by atoms with Gasteiger partial charge in [-0.05, 0) is 38.1 Å². The van der Waals surface area contributed by atoms with Crippen molar-refractivity contribution in [3.05, 3.63) is 0 Å². The SMILES string of the molecule is CCCNCCS(=O)(=O)N(CCC(C)C)C1CCCC1. The molecule has 0 heterocycles. The van der Waals surface area contributed by atoms with Gasteiger partial charge in [-0.1, -0.05) is 33.6 Å². The fourth-order valence-electron chi connectivity index (χ4n) is 2.75. The van der Waals surface area contributed by atoms with E-state index in [4.69, 9.17) is 0 Å². The van der Waals surface area contributed by atoms with Crippen LogP contribution in [0.3, 0.4) is 0 Å². The highest BCUT2D eigenvalue weighted by molar-refractivity contribution is 7.89.